The van der Waals surface area contributed by atoms with Gasteiger partial charge in [0, 0.05) is 12.0 Å². The molecule has 0 spiro atoms. The maximum absolute atomic E-state index is 13.4. The number of amides is 1. The van der Waals surface area contributed by atoms with E-state index in [1.165, 1.54) is 5.56 Å². The molecule has 0 radical (unpaired) electrons. The van der Waals surface area contributed by atoms with E-state index in [2.05, 4.69) is 36.5 Å². The predicted molar refractivity (Wildman–Crippen MR) is 115 cm³/mol. The Bertz CT molecular complexity index is 701. The smallest absolute Gasteiger partial charge is 0.309 e. The lowest BCUT2D eigenvalue weighted by Crippen LogP contribution is -2.43. The molecule has 1 amide bonds. The van der Waals surface area contributed by atoms with Gasteiger partial charge in [0.25, 0.3) is 0 Å². The summed E-state index contributed by atoms with van der Waals surface area (Å²) in [6.45, 7) is 7.81. The van der Waals surface area contributed by atoms with E-state index in [0.717, 1.165) is 44.9 Å². The van der Waals surface area contributed by atoms with Gasteiger partial charge in [0.2, 0.25) is 5.91 Å². The molecule has 3 rings (SSSR count). The molecule has 0 heterocycles. The first kappa shape index (κ1) is 21.9. The summed E-state index contributed by atoms with van der Waals surface area (Å²) in [5.41, 5.74) is 0.391. The maximum atomic E-state index is 13.4. The van der Waals surface area contributed by atoms with E-state index in [0.29, 0.717) is 12.3 Å². The van der Waals surface area contributed by atoms with Gasteiger partial charge in [-0.3, -0.25) is 9.59 Å². The molecule has 4 nitrogen and oxygen atoms in total. The van der Waals surface area contributed by atoms with Crippen molar-refractivity contribution in [3.05, 3.63) is 35.9 Å². The third kappa shape index (κ3) is 5.61. The van der Waals surface area contributed by atoms with Crippen molar-refractivity contribution in [1.82, 2.24) is 5.32 Å². The molecule has 2 fully saturated rings. The summed E-state index contributed by atoms with van der Waals surface area (Å²) in [4.78, 5) is 26.2. The first-order valence-corrected chi connectivity index (χ1v) is 11.3. The molecule has 1 N–H and O–H groups in total. The Labute approximate surface area is 175 Å². The highest BCUT2D eigenvalue weighted by molar-refractivity contribution is 5.84. The van der Waals surface area contributed by atoms with Gasteiger partial charge in [-0.2, -0.15) is 0 Å². The average Bonchev–Trinajstić information content (AvgIpc) is 3.26. The molecule has 2 aliphatic carbocycles. The Morgan fingerprint density at radius 2 is 1.83 bits per heavy atom. The number of benzene rings is 1. The number of carbonyl (C=O) groups excluding carboxylic acids is 2. The van der Waals surface area contributed by atoms with Gasteiger partial charge in [0.15, 0.2) is 0 Å². The van der Waals surface area contributed by atoms with Gasteiger partial charge in [-0.05, 0) is 58.4 Å². The first-order valence-electron chi connectivity index (χ1n) is 11.3. The summed E-state index contributed by atoms with van der Waals surface area (Å²) in [5, 5.41) is 3.33. The standard InChI is InChI=1S/C25H37NO3/c1-5-11-19(22(27)29-24(2,3)4)17-25(14-9-10-15-25)23(28)26-21-16-20(21)18-12-7-6-8-13-18/h6-8,12-13,19-21H,5,9-11,14-17H2,1-4H3,(H,26,28)/t19?,20-,21-/m1/s1. The molecule has 3 atom stereocenters. The number of carbonyl (C=O) groups is 2. The zero-order valence-corrected chi connectivity index (χ0v) is 18.5. The number of esters is 1. The molecule has 1 unspecified atom stereocenters. The van der Waals surface area contributed by atoms with Crippen molar-refractivity contribution in [3.8, 4) is 0 Å². The van der Waals surface area contributed by atoms with E-state index < -0.39 is 11.0 Å². The third-order valence-electron chi connectivity index (χ3n) is 6.39. The number of nitrogens with one attached hydrogen (secondary N) is 1. The first-order chi connectivity index (χ1) is 13.7. The van der Waals surface area contributed by atoms with Gasteiger partial charge in [-0.15, -0.1) is 0 Å². The SMILES string of the molecule is CCCC(CC1(C(=O)N[C@@H]2C[C@@H]2c2ccccc2)CCCC1)C(=O)OC(C)(C)C. The Morgan fingerprint density at radius 1 is 1.17 bits per heavy atom. The van der Waals surface area contributed by atoms with E-state index in [-0.39, 0.29) is 23.8 Å². The highest BCUT2D eigenvalue weighted by atomic mass is 16.6. The van der Waals surface area contributed by atoms with Gasteiger partial charge in [0.1, 0.15) is 5.60 Å². The van der Waals surface area contributed by atoms with Crippen molar-refractivity contribution in [1.29, 1.82) is 0 Å². The average molecular weight is 400 g/mol. The van der Waals surface area contributed by atoms with Gasteiger partial charge >= 0.3 is 5.97 Å². The molecule has 1 aromatic carbocycles. The van der Waals surface area contributed by atoms with Crippen LogP contribution in [0, 0.1) is 11.3 Å². The molecule has 2 aliphatic rings. The molecule has 1 aromatic rings. The van der Waals surface area contributed by atoms with Gasteiger partial charge in [-0.25, -0.2) is 0 Å². The van der Waals surface area contributed by atoms with E-state index >= 15 is 0 Å². The van der Waals surface area contributed by atoms with E-state index in [4.69, 9.17) is 4.74 Å². The molecule has 0 aromatic heterocycles. The fourth-order valence-corrected chi connectivity index (χ4v) is 4.83. The molecular formula is C25H37NO3. The molecular weight excluding hydrogens is 362 g/mol. The zero-order valence-electron chi connectivity index (χ0n) is 18.5. The number of hydrogen-bond acceptors (Lipinski definition) is 3. The number of ether oxygens (including phenoxy) is 1. The van der Waals surface area contributed by atoms with Crippen LogP contribution in [0.15, 0.2) is 30.3 Å². The third-order valence-corrected chi connectivity index (χ3v) is 6.39. The molecule has 0 aliphatic heterocycles. The zero-order chi connectivity index (χ0) is 21.1. The summed E-state index contributed by atoms with van der Waals surface area (Å²) in [6, 6.07) is 10.7. The Balaban J connectivity index is 1.66. The number of hydrogen-bond donors (Lipinski definition) is 1. The molecule has 29 heavy (non-hydrogen) atoms. The normalized spacial score (nSPS) is 24.0. The highest BCUT2D eigenvalue weighted by Gasteiger charge is 2.48. The van der Waals surface area contributed by atoms with Crippen LogP contribution in [-0.4, -0.2) is 23.5 Å². The minimum Gasteiger partial charge on any atom is -0.460 e. The van der Waals surface area contributed by atoms with Gasteiger partial charge in [0.05, 0.1) is 11.3 Å². The van der Waals surface area contributed by atoms with Crippen molar-refractivity contribution in [2.45, 2.75) is 96.6 Å². The molecule has 2 saturated carbocycles. The minimum atomic E-state index is -0.495. The topological polar surface area (TPSA) is 55.4 Å². The van der Waals surface area contributed by atoms with Gasteiger partial charge in [-0.1, -0.05) is 56.5 Å². The van der Waals surface area contributed by atoms with Crippen LogP contribution in [0.25, 0.3) is 0 Å². The van der Waals surface area contributed by atoms with Crippen LogP contribution in [0.5, 0.6) is 0 Å². The van der Waals surface area contributed by atoms with Crippen LogP contribution in [0.4, 0.5) is 0 Å². The monoisotopic (exact) mass is 399 g/mol. The van der Waals surface area contributed by atoms with Crippen LogP contribution >= 0.6 is 0 Å². The van der Waals surface area contributed by atoms with Crippen LogP contribution in [-0.2, 0) is 14.3 Å². The summed E-state index contributed by atoms with van der Waals surface area (Å²) in [6.07, 6.45) is 7.21. The molecule has 160 valence electrons. The van der Waals surface area contributed by atoms with Crippen molar-refractivity contribution in [2.75, 3.05) is 0 Å². The largest absolute Gasteiger partial charge is 0.460 e. The summed E-state index contributed by atoms with van der Waals surface area (Å²) >= 11 is 0. The fraction of sp³-hybridized carbons (Fsp3) is 0.680. The maximum Gasteiger partial charge on any atom is 0.309 e. The molecule has 0 bridgehead atoms. The van der Waals surface area contributed by atoms with Crippen LogP contribution in [0.2, 0.25) is 0 Å². The Hall–Kier alpha value is -1.84. The van der Waals surface area contributed by atoms with Crippen molar-refractivity contribution < 1.29 is 14.3 Å². The van der Waals surface area contributed by atoms with Gasteiger partial charge < -0.3 is 10.1 Å². The lowest BCUT2D eigenvalue weighted by Gasteiger charge is -2.32. The fourth-order valence-electron chi connectivity index (χ4n) is 4.83. The van der Waals surface area contributed by atoms with Crippen molar-refractivity contribution in [3.63, 3.8) is 0 Å². The summed E-state index contributed by atoms with van der Waals surface area (Å²) in [5.74, 6) is 0.234. The second-order valence-electron chi connectivity index (χ2n) is 10.0. The summed E-state index contributed by atoms with van der Waals surface area (Å²) in [7, 11) is 0. The van der Waals surface area contributed by atoms with E-state index in [1.54, 1.807) is 0 Å². The lowest BCUT2D eigenvalue weighted by atomic mass is 9.75. The second-order valence-corrected chi connectivity index (χ2v) is 10.0. The molecule has 0 saturated heterocycles. The van der Waals surface area contributed by atoms with Crippen LogP contribution in [0.1, 0.15) is 90.5 Å². The minimum absolute atomic E-state index is 0.146. The Kier molecular flexibility index (Phi) is 6.70. The van der Waals surface area contributed by atoms with E-state index in [1.807, 2.05) is 26.8 Å². The van der Waals surface area contributed by atoms with Crippen LogP contribution in [0.3, 0.4) is 0 Å². The van der Waals surface area contributed by atoms with Crippen molar-refractivity contribution in [2.24, 2.45) is 11.3 Å². The van der Waals surface area contributed by atoms with Crippen molar-refractivity contribution >= 4 is 11.9 Å². The summed E-state index contributed by atoms with van der Waals surface area (Å²) < 4.78 is 5.69. The van der Waals surface area contributed by atoms with E-state index in [9.17, 15) is 9.59 Å². The molecule has 4 heteroatoms. The number of rotatable bonds is 8. The Morgan fingerprint density at radius 3 is 2.41 bits per heavy atom. The quantitative estimate of drug-likeness (QED) is 0.598. The second kappa shape index (κ2) is 8.89. The predicted octanol–water partition coefficient (Wildman–Crippen LogP) is 5.37. The highest BCUT2D eigenvalue weighted by Crippen LogP contribution is 2.47. The van der Waals surface area contributed by atoms with Crippen LogP contribution < -0.4 is 5.32 Å². The lowest BCUT2D eigenvalue weighted by molar-refractivity contribution is -0.162.